The smallest absolute Gasteiger partial charge is 0.0349 e. The van der Waals surface area contributed by atoms with Crippen LogP contribution in [-0.2, 0) is 0 Å². The van der Waals surface area contributed by atoms with Gasteiger partial charge in [-0.15, -0.1) is 0 Å². The average molecular weight is 294 g/mol. The molecule has 0 bridgehead atoms. The maximum atomic E-state index is 3.45. The second kappa shape index (κ2) is 7.57. The van der Waals surface area contributed by atoms with Crippen LogP contribution in [0.5, 0.6) is 0 Å². The third-order valence-electron chi connectivity index (χ3n) is 4.56. The molecule has 0 unspecified atom stereocenters. The van der Waals surface area contributed by atoms with E-state index in [0.29, 0.717) is 6.04 Å². The number of rotatable bonds is 5. The van der Waals surface area contributed by atoms with Crippen molar-refractivity contribution < 1.29 is 0 Å². The van der Waals surface area contributed by atoms with Gasteiger partial charge in [-0.3, -0.25) is 4.90 Å². The van der Waals surface area contributed by atoms with E-state index in [1.807, 2.05) is 0 Å². The van der Waals surface area contributed by atoms with Crippen LogP contribution in [0.3, 0.4) is 0 Å². The maximum absolute atomic E-state index is 3.45. The minimum Gasteiger partial charge on any atom is -0.314 e. The van der Waals surface area contributed by atoms with Gasteiger partial charge in [0.15, 0.2) is 0 Å². The van der Waals surface area contributed by atoms with Crippen molar-refractivity contribution in [2.75, 3.05) is 26.2 Å². The number of nitrogens with one attached hydrogen (secondary N) is 1. The molecule has 0 aromatic heterocycles. The van der Waals surface area contributed by atoms with Gasteiger partial charge in [0, 0.05) is 32.2 Å². The molecule has 1 fully saturated rings. The van der Waals surface area contributed by atoms with Crippen LogP contribution in [0, 0.1) is 0 Å². The Morgan fingerprint density at radius 1 is 0.909 bits per heavy atom. The summed E-state index contributed by atoms with van der Waals surface area (Å²) in [5.41, 5.74) is 4.06. The summed E-state index contributed by atoms with van der Waals surface area (Å²) in [6.45, 7) is 6.83. The van der Waals surface area contributed by atoms with E-state index in [-0.39, 0.29) is 0 Å². The number of hydrogen-bond acceptors (Lipinski definition) is 2. The zero-order valence-electron chi connectivity index (χ0n) is 13.5. The molecule has 1 atom stereocenters. The quantitative estimate of drug-likeness (QED) is 0.893. The Morgan fingerprint density at radius 2 is 1.55 bits per heavy atom. The fourth-order valence-electron chi connectivity index (χ4n) is 3.36. The minimum absolute atomic E-state index is 0.567. The fraction of sp³-hybridized carbons (Fsp3) is 0.400. The predicted molar refractivity (Wildman–Crippen MR) is 94.0 cm³/mol. The molecule has 0 amide bonds. The van der Waals surface area contributed by atoms with E-state index in [9.17, 15) is 0 Å². The molecule has 22 heavy (non-hydrogen) atoms. The maximum Gasteiger partial charge on any atom is 0.0349 e. The van der Waals surface area contributed by atoms with Crippen molar-refractivity contribution in [2.24, 2.45) is 0 Å². The van der Waals surface area contributed by atoms with Gasteiger partial charge in [0.1, 0.15) is 0 Å². The molecule has 2 heteroatoms. The monoisotopic (exact) mass is 294 g/mol. The first kappa shape index (κ1) is 15.3. The standard InChI is InChI=1S/C20H26N2/c1-2-6-20(22-15-13-21-14-16-22)19-11-9-18(10-12-19)17-7-4-3-5-8-17/h3-5,7-12,20-21H,2,6,13-16H2,1H3/t20-/m0/s1. The molecule has 3 rings (SSSR count). The number of piperazine rings is 1. The van der Waals surface area contributed by atoms with Crippen LogP contribution in [0.4, 0.5) is 0 Å². The van der Waals surface area contributed by atoms with Gasteiger partial charge in [0.2, 0.25) is 0 Å². The molecule has 116 valence electrons. The molecule has 0 radical (unpaired) electrons. The minimum atomic E-state index is 0.567. The van der Waals surface area contributed by atoms with Crippen molar-refractivity contribution in [3.8, 4) is 11.1 Å². The SMILES string of the molecule is CCC[C@@H](c1ccc(-c2ccccc2)cc1)N1CCNCC1. The summed E-state index contributed by atoms with van der Waals surface area (Å²) in [4.78, 5) is 2.64. The van der Waals surface area contributed by atoms with Crippen LogP contribution in [0.25, 0.3) is 11.1 Å². The Morgan fingerprint density at radius 3 is 2.18 bits per heavy atom. The Hall–Kier alpha value is -1.64. The summed E-state index contributed by atoms with van der Waals surface area (Å²) in [5, 5.41) is 3.45. The van der Waals surface area contributed by atoms with E-state index in [0.717, 1.165) is 26.2 Å². The highest BCUT2D eigenvalue weighted by Gasteiger charge is 2.21. The molecule has 0 saturated carbocycles. The van der Waals surface area contributed by atoms with Crippen molar-refractivity contribution in [3.63, 3.8) is 0 Å². The zero-order valence-corrected chi connectivity index (χ0v) is 13.5. The van der Waals surface area contributed by atoms with Crippen molar-refractivity contribution in [1.82, 2.24) is 10.2 Å². The van der Waals surface area contributed by atoms with E-state index < -0.39 is 0 Å². The van der Waals surface area contributed by atoms with Gasteiger partial charge in [-0.25, -0.2) is 0 Å². The van der Waals surface area contributed by atoms with Gasteiger partial charge < -0.3 is 5.32 Å². The van der Waals surface area contributed by atoms with Crippen LogP contribution in [0.2, 0.25) is 0 Å². The third-order valence-corrected chi connectivity index (χ3v) is 4.56. The van der Waals surface area contributed by atoms with Gasteiger partial charge in [-0.1, -0.05) is 67.9 Å². The molecule has 1 N–H and O–H groups in total. The van der Waals surface area contributed by atoms with Crippen LogP contribution in [0.15, 0.2) is 54.6 Å². The molecule has 2 aromatic carbocycles. The first-order valence-electron chi connectivity index (χ1n) is 8.48. The Balaban J connectivity index is 1.79. The Bertz CT molecular complexity index is 556. The molecule has 2 nitrogen and oxygen atoms in total. The molecular formula is C20H26N2. The van der Waals surface area contributed by atoms with E-state index in [4.69, 9.17) is 0 Å². The molecule has 0 spiro atoms. The predicted octanol–water partition coefficient (Wildman–Crippen LogP) is 4.10. The van der Waals surface area contributed by atoms with E-state index in [1.54, 1.807) is 0 Å². The average Bonchev–Trinajstić information content (AvgIpc) is 2.61. The normalized spacial score (nSPS) is 17.3. The second-order valence-electron chi connectivity index (χ2n) is 6.08. The first-order valence-corrected chi connectivity index (χ1v) is 8.48. The van der Waals surface area contributed by atoms with E-state index >= 15 is 0 Å². The Labute approximate surface area is 134 Å². The lowest BCUT2D eigenvalue weighted by atomic mass is 9.97. The van der Waals surface area contributed by atoms with E-state index in [2.05, 4.69) is 71.7 Å². The highest BCUT2D eigenvalue weighted by Crippen LogP contribution is 2.28. The zero-order chi connectivity index (χ0) is 15.2. The summed E-state index contributed by atoms with van der Waals surface area (Å²) in [6, 6.07) is 20.4. The van der Waals surface area contributed by atoms with Gasteiger partial charge in [0.25, 0.3) is 0 Å². The van der Waals surface area contributed by atoms with Gasteiger partial charge in [-0.2, -0.15) is 0 Å². The molecule has 2 aromatic rings. The molecule has 0 aliphatic carbocycles. The summed E-state index contributed by atoms with van der Waals surface area (Å²) in [7, 11) is 0. The van der Waals surface area contributed by atoms with Crippen LogP contribution < -0.4 is 5.32 Å². The number of benzene rings is 2. The summed E-state index contributed by atoms with van der Waals surface area (Å²) in [6.07, 6.45) is 2.47. The van der Waals surface area contributed by atoms with E-state index in [1.165, 1.54) is 29.5 Å². The summed E-state index contributed by atoms with van der Waals surface area (Å²) >= 11 is 0. The molecule has 1 aliphatic heterocycles. The lowest BCUT2D eigenvalue weighted by molar-refractivity contribution is 0.164. The fourth-order valence-corrected chi connectivity index (χ4v) is 3.36. The van der Waals surface area contributed by atoms with Crippen molar-refractivity contribution in [1.29, 1.82) is 0 Å². The van der Waals surface area contributed by atoms with Gasteiger partial charge >= 0.3 is 0 Å². The van der Waals surface area contributed by atoms with Crippen molar-refractivity contribution in [3.05, 3.63) is 60.2 Å². The molecule has 1 heterocycles. The highest BCUT2D eigenvalue weighted by atomic mass is 15.2. The second-order valence-corrected chi connectivity index (χ2v) is 6.08. The molecule has 1 aliphatic rings. The van der Waals surface area contributed by atoms with Crippen LogP contribution in [0.1, 0.15) is 31.4 Å². The summed E-state index contributed by atoms with van der Waals surface area (Å²) in [5.74, 6) is 0. The van der Waals surface area contributed by atoms with Crippen LogP contribution in [-0.4, -0.2) is 31.1 Å². The molecular weight excluding hydrogens is 268 g/mol. The lowest BCUT2D eigenvalue weighted by Gasteiger charge is -2.35. The summed E-state index contributed by atoms with van der Waals surface area (Å²) < 4.78 is 0. The van der Waals surface area contributed by atoms with Crippen molar-refractivity contribution >= 4 is 0 Å². The largest absolute Gasteiger partial charge is 0.314 e. The molecule has 1 saturated heterocycles. The van der Waals surface area contributed by atoms with Gasteiger partial charge in [-0.05, 0) is 23.1 Å². The lowest BCUT2D eigenvalue weighted by Crippen LogP contribution is -2.45. The van der Waals surface area contributed by atoms with Gasteiger partial charge in [0.05, 0.1) is 0 Å². The topological polar surface area (TPSA) is 15.3 Å². The number of hydrogen-bond donors (Lipinski definition) is 1. The van der Waals surface area contributed by atoms with Crippen LogP contribution >= 0.6 is 0 Å². The Kier molecular flexibility index (Phi) is 5.25. The number of nitrogens with zero attached hydrogens (tertiary/aromatic N) is 1. The third kappa shape index (κ3) is 3.57. The first-order chi connectivity index (χ1) is 10.9. The van der Waals surface area contributed by atoms with Crippen molar-refractivity contribution in [2.45, 2.75) is 25.8 Å². The highest BCUT2D eigenvalue weighted by molar-refractivity contribution is 5.63.